The van der Waals surface area contributed by atoms with E-state index in [1.807, 2.05) is 36.4 Å². The highest BCUT2D eigenvalue weighted by Crippen LogP contribution is 2.21. The molecular formula is C19H22N6. The molecule has 3 aromatic heterocycles. The molecule has 0 spiro atoms. The Hall–Kier alpha value is -3.02. The fourth-order valence-corrected chi connectivity index (χ4v) is 2.28. The summed E-state index contributed by atoms with van der Waals surface area (Å²) in [5.41, 5.74) is 2.82. The van der Waals surface area contributed by atoms with E-state index in [0.29, 0.717) is 18.5 Å². The van der Waals surface area contributed by atoms with E-state index in [1.54, 1.807) is 18.6 Å². The van der Waals surface area contributed by atoms with Crippen LogP contribution < -0.4 is 10.6 Å². The second-order valence-corrected chi connectivity index (χ2v) is 5.83. The highest BCUT2D eigenvalue weighted by atomic mass is 15.2. The zero-order valence-electron chi connectivity index (χ0n) is 14.5. The maximum absolute atomic E-state index is 4.64. The fourth-order valence-electron chi connectivity index (χ4n) is 2.28. The largest absolute Gasteiger partial charge is 0.364 e. The summed E-state index contributed by atoms with van der Waals surface area (Å²) in [7, 11) is 0. The van der Waals surface area contributed by atoms with Crippen LogP contribution in [0.2, 0.25) is 0 Å². The lowest BCUT2D eigenvalue weighted by Crippen LogP contribution is -2.16. The normalized spacial score (nSPS) is 11.8. The second-order valence-electron chi connectivity index (χ2n) is 5.83. The van der Waals surface area contributed by atoms with Gasteiger partial charge in [0.1, 0.15) is 5.82 Å². The van der Waals surface area contributed by atoms with E-state index in [0.717, 1.165) is 29.2 Å². The summed E-state index contributed by atoms with van der Waals surface area (Å²) < 4.78 is 0. The Balaban J connectivity index is 1.86. The van der Waals surface area contributed by atoms with Crippen molar-refractivity contribution < 1.29 is 0 Å². The first-order chi connectivity index (χ1) is 12.2. The second kappa shape index (κ2) is 8.19. The quantitative estimate of drug-likeness (QED) is 0.685. The van der Waals surface area contributed by atoms with Crippen molar-refractivity contribution in [1.82, 2.24) is 19.9 Å². The molecule has 0 aliphatic rings. The van der Waals surface area contributed by atoms with E-state index >= 15 is 0 Å². The summed E-state index contributed by atoms with van der Waals surface area (Å²) in [4.78, 5) is 17.6. The minimum Gasteiger partial charge on any atom is -0.364 e. The van der Waals surface area contributed by atoms with Gasteiger partial charge in [0.15, 0.2) is 0 Å². The summed E-state index contributed by atoms with van der Waals surface area (Å²) in [5, 5.41) is 6.68. The Labute approximate surface area is 147 Å². The van der Waals surface area contributed by atoms with Crippen LogP contribution in [-0.2, 0) is 6.54 Å². The number of aromatic nitrogens is 4. The number of pyridine rings is 2. The summed E-state index contributed by atoms with van der Waals surface area (Å²) >= 11 is 0. The smallest absolute Gasteiger partial charge is 0.225 e. The molecule has 2 N–H and O–H groups in total. The Bertz CT molecular complexity index is 792. The number of nitrogens with one attached hydrogen (secondary N) is 2. The monoisotopic (exact) mass is 334 g/mol. The van der Waals surface area contributed by atoms with E-state index in [9.17, 15) is 0 Å². The van der Waals surface area contributed by atoms with E-state index in [-0.39, 0.29) is 0 Å². The minimum absolute atomic E-state index is 0.302. The average Bonchev–Trinajstić information content (AvgIpc) is 2.67. The van der Waals surface area contributed by atoms with Crippen LogP contribution in [-0.4, -0.2) is 26.0 Å². The van der Waals surface area contributed by atoms with E-state index in [2.05, 4.69) is 44.4 Å². The summed E-state index contributed by atoms with van der Waals surface area (Å²) in [6.45, 7) is 4.85. The fraction of sp³-hybridized carbons (Fsp3) is 0.263. The topological polar surface area (TPSA) is 75.6 Å². The molecule has 3 heterocycles. The van der Waals surface area contributed by atoms with Crippen LogP contribution in [0.25, 0.3) is 11.3 Å². The first kappa shape index (κ1) is 16.8. The van der Waals surface area contributed by atoms with Gasteiger partial charge in [-0.05, 0) is 37.6 Å². The molecule has 3 aromatic rings. The van der Waals surface area contributed by atoms with E-state index < -0.39 is 0 Å². The highest BCUT2D eigenvalue weighted by molar-refractivity contribution is 5.63. The van der Waals surface area contributed by atoms with Gasteiger partial charge < -0.3 is 10.6 Å². The number of rotatable bonds is 7. The van der Waals surface area contributed by atoms with Crippen molar-refractivity contribution in [3.63, 3.8) is 0 Å². The molecule has 6 heteroatoms. The lowest BCUT2D eigenvalue weighted by molar-refractivity contribution is 0.753. The molecule has 3 rings (SSSR count). The lowest BCUT2D eigenvalue weighted by atomic mass is 10.2. The maximum atomic E-state index is 4.64. The number of hydrogen-bond acceptors (Lipinski definition) is 6. The molecule has 1 atom stereocenters. The molecule has 0 unspecified atom stereocenters. The molecule has 0 aromatic carbocycles. The third-order valence-corrected chi connectivity index (χ3v) is 3.87. The maximum Gasteiger partial charge on any atom is 0.225 e. The average molecular weight is 334 g/mol. The van der Waals surface area contributed by atoms with Gasteiger partial charge in [-0.25, -0.2) is 4.98 Å². The van der Waals surface area contributed by atoms with Crippen molar-refractivity contribution in [3.8, 4) is 11.3 Å². The van der Waals surface area contributed by atoms with Crippen molar-refractivity contribution in [2.75, 3.05) is 10.6 Å². The first-order valence-electron chi connectivity index (χ1n) is 8.44. The van der Waals surface area contributed by atoms with Crippen molar-refractivity contribution in [2.24, 2.45) is 0 Å². The number of anilines is 2. The molecule has 0 radical (unpaired) electrons. The Morgan fingerprint density at radius 3 is 2.60 bits per heavy atom. The van der Waals surface area contributed by atoms with Gasteiger partial charge in [-0.1, -0.05) is 13.0 Å². The molecule has 0 bridgehead atoms. The van der Waals surface area contributed by atoms with Crippen molar-refractivity contribution in [3.05, 3.63) is 60.7 Å². The highest BCUT2D eigenvalue weighted by Gasteiger charge is 2.09. The van der Waals surface area contributed by atoms with Crippen molar-refractivity contribution in [2.45, 2.75) is 32.9 Å². The lowest BCUT2D eigenvalue weighted by Gasteiger charge is -2.14. The molecule has 0 aliphatic carbocycles. The Morgan fingerprint density at radius 2 is 1.88 bits per heavy atom. The standard InChI is InChI=1S/C19H22N6/c1-3-14(2)23-19-24-17(15-7-10-20-11-8-15)12-18(25-19)22-13-16-6-4-5-9-21-16/h4-12,14H,3,13H2,1-2H3,(H2,22,23,24,25)/t14-/m1/s1. The van der Waals surface area contributed by atoms with Crippen LogP contribution in [0.5, 0.6) is 0 Å². The van der Waals surface area contributed by atoms with Crippen LogP contribution in [0.1, 0.15) is 26.0 Å². The number of nitrogens with zero attached hydrogens (tertiary/aromatic N) is 4. The van der Waals surface area contributed by atoms with Gasteiger partial charge in [0.2, 0.25) is 5.95 Å². The van der Waals surface area contributed by atoms with Crippen LogP contribution in [0.3, 0.4) is 0 Å². The zero-order valence-corrected chi connectivity index (χ0v) is 14.5. The van der Waals surface area contributed by atoms with Crippen LogP contribution in [0.4, 0.5) is 11.8 Å². The molecule has 0 fully saturated rings. The molecular weight excluding hydrogens is 312 g/mol. The third kappa shape index (κ3) is 4.73. The summed E-state index contributed by atoms with van der Waals surface area (Å²) in [6, 6.07) is 12.0. The molecule has 0 saturated carbocycles. The van der Waals surface area contributed by atoms with Gasteiger partial charge in [-0.3, -0.25) is 9.97 Å². The Morgan fingerprint density at radius 1 is 1.04 bits per heavy atom. The van der Waals surface area contributed by atoms with Gasteiger partial charge in [0.25, 0.3) is 0 Å². The summed E-state index contributed by atoms with van der Waals surface area (Å²) in [5.74, 6) is 1.38. The van der Waals surface area contributed by atoms with Gasteiger partial charge >= 0.3 is 0 Å². The minimum atomic E-state index is 0.302. The van der Waals surface area contributed by atoms with Gasteiger partial charge in [0, 0.05) is 36.3 Å². The van der Waals surface area contributed by atoms with Crippen LogP contribution >= 0.6 is 0 Å². The molecule has 128 valence electrons. The molecule has 25 heavy (non-hydrogen) atoms. The van der Waals surface area contributed by atoms with Gasteiger partial charge in [0.05, 0.1) is 17.9 Å². The summed E-state index contributed by atoms with van der Waals surface area (Å²) in [6.07, 6.45) is 6.31. The molecule has 0 amide bonds. The predicted octanol–water partition coefficient (Wildman–Crippen LogP) is 3.76. The van der Waals surface area contributed by atoms with Crippen molar-refractivity contribution in [1.29, 1.82) is 0 Å². The van der Waals surface area contributed by atoms with Crippen LogP contribution in [0.15, 0.2) is 55.0 Å². The zero-order chi connectivity index (χ0) is 17.5. The van der Waals surface area contributed by atoms with Gasteiger partial charge in [-0.2, -0.15) is 4.98 Å². The van der Waals surface area contributed by atoms with Gasteiger partial charge in [-0.15, -0.1) is 0 Å². The Kier molecular flexibility index (Phi) is 5.51. The predicted molar refractivity (Wildman–Crippen MR) is 100 cm³/mol. The third-order valence-electron chi connectivity index (χ3n) is 3.87. The number of hydrogen-bond donors (Lipinski definition) is 2. The molecule has 0 aliphatic heterocycles. The molecule has 0 saturated heterocycles. The SMILES string of the molecule is CC[C@@H](C)Nc1nc(NCc2ccccn2)cc(-c2ccncc2)n1. The first-order valence-corrected chi connectivity index (χ1v) is 8.44. The van der Waals surface area contributed by atoms with E-state index in [1.165, 1.54) is 0 Å². The van der Waals surface area contributed by atoms with Crippen LogP contribution in [0, 0.1) is 0 Å². The molecule has 6 nitrogen and oxygen atoms in total. The van der Waals surface area contributed by atoms with E-state index in [4.69, 9.17) is 0 Å². The van der Waals surface area contributed by atoms with Crippen molar-refractivity contribution >= 4 is 11.8 Å².